The molecule has 8 heteroatoms. The molecule has 0 N–H and O–H groups in total. The van der Waals surface area contributed by atoms with Crippen molar-refractivity contribution in [1.29, 1.82) is 0 Å². The first-order chi connectivity index (χ1) is 13.7. The highest BCUT2D eigenvalue weighted by atomic mass is 79.9. The van der Waals surface area contributed by atoms with Crippen LogP contribution in [-0.2, 0) is 12.3 Å². The predicted octanol–water partition coefficient (Wildman–Crippen LogP) is 4.19. The summed E-state index contributed by atoms with van der Waals surface area (Å²) in [7, 11) is 0. The fourth-order valence-electron chi connectivity index (χ4n) is 2.83. The van der Waals surface area contributed by atoms with E-state index in [1.54, 1.807) is 12.3 Å². The van der Waals surface area contributed by atoms with Gasteiger partial charge in [-0.25, -0.2) is 4.98 Å². The van der Waals surface area contributed by atoms with E-state index in [1.807, 2.05) is 53.1 Å². The predicted molar refractivity (Wildman–Crippen MR) is 114 cm³/mol. The van der Waals surface area contributed by atoms with Gasteiger partial charge in [0, 0.05) is 34.6 Å². The third-order valence-electron chi connectivity index (χ3n) is 4.09. The number of hydrogen-bond acceptors (Lipinski definition) is 5. The number of aromatic nitrogens is 5. The molecule has 0 radical (unpaired) electrons. The molecule has 0 bridgehead atoms. The highest BCUT2D eigenvalue weighted by Crippen LogP contribution is 2.26. The van der Waals surface area contributed by atoms with E-state index in [9.17, 15) is 4.79 Å². The first-order valence-electron chi connectivity index (χ1n) is 8.56. The van der Waals surface area contributed by atoms with E-state index in [0.29, 0.717) is 23.6 Å². The molecule has 0 aliphatic heterocycles. The van der Waals surface area contributed by atoms with Crippen molar-refractivity contribution in [3.63, 3.8) is 0 Å². The van der Waals surface area contributed by atoms with Gasteiger partial charge in [-0.05, 0) is 28.1 Å². The van der Waals surface area contributed by atoms with E-state index in [-0.39, 0.29) is 5.56 Å². The van der Waals surface area contributed by atoms with Gasteiger partial charge in [-0.15, -0.1) is 16.8 Å². The van der Waals surface area contributed by atoms with Crippen molar-refractivity contribution >= 4 is 33.3 Å². The van der Waals surface area contributed by atoms with E-state index >= 15 is 0 Å². The lowest BCUT2D eigenvalue weighted by atomic mass is 10.2. The van der Waals surface area contributed by atoms with E-state index in [4.69, 9.17) is 0 Å². The molecular formula is C20H16BrN5OS. The summed E-state index contributed by atoms with van der Waals surface area (Å²) in [6.07, 6.45) is 3.53. The van der Waals surface area contributed by atoms with Crippen molar-refractivity contribution in [2.45, 2.75) is 17.5 Å². The molecule has 0 aliphatic carbocycles. The Hall–Kier alpha value is -2.71. The van der Waals surface area contributed by atoms with Gasteiger partial charge in [0.1, 0.15) is 5.65 Å². The third-order valence-corrected chi connectivity index (χ3v) is 5.56. The summed E-state index contributed by atoms with van der Waals surface area (Å²) in [4.78, 5) is 16.9. The number of nitrogens with zero attached hydrogens (tertiary/aromatic N) is 5. The van der Waals surface area contributed by atoms with Gasteiger partial charge in [0.15, 0.2) is 11.0 Å². The van der Waals surface area contributed by atoms with Crippen LogP contribution in [-0.4, -0.2) is 24.1 Å². The van der Waals surface area contributed by atoms with Crippen molar-refractivity contribution in [2.75, 3.05) is 0 Å². The standard InChI is InChI=1S/C20H16BrN5OS/c1-2-10-25-19(14-6-4-3-5-7-14)23-24-20(25)28-13-16-11-18(27)26-12-15(21)8-9-17(26)22-16/h2-9,11-12H,1,10,13H2. The fraction of sp³-hybridized carbons (Fsp3) is 0.100. The van der Waals surface area contributed by atoms with Crippen molar-refractivity contribution in [2.24, 2.45) is 0 Å². The second kappa shape index (κ2) is 8.12. The summed E-state index contributed by atoms with van der Waals surface area (Å²) in [5, 5.41) is 9.44. The van der Waals surface area contributed by atoms with Gasteiger partial charge in [0.05, 0.1) is 5.69 Å². The zero-order chi connectivity index (χ0) is 19.5. The number of fused-ring (bicyclic) bond motifs is 1. The Morgan fingerprint density at radius 3 is 2.75 bits per heavy atom. The molecule has 140 valence electrons. The number of benzene rings is 1. The molecule has 3 aromatic heterocycles. The van der Waals surface area contributed by atoms with Crippen LogP contribution in [0.5, 0.6) is 0 Å². The van der Waals surface area contributed by atoms with Gasteiger partial charge >= 0.3 is 0 Å². The minimum Gasteiger partial charge on any atom is -0.298 e. The second-order valence-corrected chi connectivity index (χ2v) is 7.88. The molecule has 0 unspecified atom stereocenters. The minimum atomic E-state index is -0.112. The molecule has 4 aromatic rings. The van der Waals surface area contributed by atoms with Crippen molar-refractivity contribution in [3.05, 3.63) is 87.9 Å². The maximum atomic E-state index is 12.4. The maximum absolute atomic E-state index is 12.4. The van der Waals surface area contributed by atoms with Crippen LogP contribution in [0.25, 0.3) is 17.0 Å². The lowest BCUT2D eigenvalue weighted by Gasteiger charge is -2.08. The number of hydrogen-bond donors (Lipinski definition) is 0. The summed E-state index contributed by atoms with van der Waals surface area (Å²) in [5.41, 5.74) is 2.20. The lowest BCUT2D eigenvalue weighted by molar-refractivity contribution is 0.731. The zero-order valence-electron chi connectivity index (χ0n) is 14.8. The molecule has 0 spiro atoms. The number of halogens is 1. The monoisotopic (exact) mass is 453 g/mol. The Morgan fingerprint density at radius 2 is 1.96 bits per heavy atom. The Balaban J connectivity index is 1.62. The van der Waals surface area contributed by atoms with Crippen LogP contribution in [0.4, 0.5) is 0 Å². The topological polar surface area (TPSA) is 65.1 Å². The van der Waals surface area contributed by atoms with E-state index < -0.39 is 0 Å². The van der Waals surface area contributed by atoms with Gasteiger partial charge in [-0.1, -0.05) is 48.2 Å². The maximum Gasteiger partial charge on any atom is 0.258 e. The molecule has 4 rings (SSSR count). The number of allylic oxidation sites excluding steroid dienone is 1. The number of rotatable bonds is 6. The quantitative estimate of drug-likeness (QED) is 0.323. The van der Waals surface area contributed by atoms with Gasteiger partial charge in [-0.2, -0.15) is 0 Å². The first-order valence-corrected chi connectivity index (χ1v) is 10.3. The number of thioether (sulfide) groups is 1. The molecular weight excluding hydrogens is 438 g/mol. The molecule has 0 fully saturated rings. The Morgan fingerprint density at radius 1 is 1.14 bits per heavy atom. The van der Waals surface area contributed by atoms with Crippen molar-refractivity contribution in [3.8, 4) is 11.4 Å². The van der Waals surface area contributed by atoms with Crippen LogP contribution in [0.1, 0.15) is 5.69 Å². The normalized spacial score (nSPS) is 11.0. The minimum absolute atomic E-state index is 0.112. The molecule has 28 heavy (non-hydrogen) atoms. The Kier molecular flexibility index (Phi) is 5.40. The van der Waals surface area contributed by atoms with E-state index in [2.05, 4.69) is 37.7 Å². The van der Waals surface area contributed by atoms with Crippen LogP contribution in [0, 0.1) is 0 Å². The van der Waals surface area contributed by atoms with E-state index in [0.717, 1.165) is 21.0 Å². The molecule has 0 saturated carbocycles. The second-order valence-electron chi connectivity index (χ2n) is 6.02. The summed E-state index contributed by atoms with van der Waals surface area (Å²) < 4.78 is 4.36. The van der Waals surface area contributed by atoms with Gasteiger partial charge < -0.3 is 0 Å². The van der Waals surface area contributed by atoms with E-state index in [1.165, 1.54) is 16.2 Å². The SMILES string of the molecule is C=CCn1c(SCc2cc(=O)n3cc(Br)ccc3n2)nnc1-c1ccccc1. The summed E-state index contributed by atoms with van der Waals surface area (Å²) in [5.74, 6) is 1.31. The molecule has 0 atom stereocenters. The Bertz CT molecular complexity index is 1200. The smallest absolute Gasteiger partial charge is 0.258 e. The average molecular weight is 454 g/mol. The molecule has 3 heterocycles. The number of pyridine rings is 1. The highest BCUT2D eigenvalue weighted by molar-refractivity contribution is 9.10. The summed E-state index contributed by atoms with van der Waals surface area (Å²) in [6, 6.07) is 15.2. The molecule has 0 amide bonds. The van der Waals surface area contributed by atoms with Crippen molar-refractivity contribution in [1.82, 2.24) is 24.1 Å². The zero-order valence-corrected chi connectivity index (χ0v) is 17.2. The third kappa shape index (κ3) is 3.79. The average Bonchev–Trinajstić information content (AvgIpc) is 3.10. The van der Waals surface area contributed by atoms with Crippen molar-refractivity contribution < 1.29 is 0 Å². The summed E-state index contributed by atoms with van der Waals surface area (Å²) >= 11 is 4.87. The van der Waals surface area contributed by atoms with Crippen LogP contribution >= 0.6 is 27.7 Å². The highest BCUT2D eigenvalue weighted by Gasteiger charge is 2.14. The molecule has 1 aromatic carbocycles. The van der Waals surface area contributed by atoms with Gasteiger partial charge in [0.2, 0.25) is 0 Å². The fourth-order valence-corrected chi connectivity index (χ4v) is 4.01. The van der Waals surface area contributed by atoms with Crippen LogP contribution < -0.4 is 5.56 Å². The molecule has 6 nitrogen and oxygen atoms in total. The van der Waals surface area contributed by atoms with Crippen LogP contribution in [0.3, 0.4) is 0 Å². The largest absolute Gasteiger partial charge is 0.298 e. The van der Waals surface area contributed by atoms with Gasteiger partial charge in [-0.3, -0.25) is 13.8 Å². The lowest BCUT2D eigenvalue weighted by Crippen LogP contribution is -2.15. The first kappa shape index (κ1) is 18.6. The Labute approximate surface area is 174 Å². The van der Waals surface area contributed by atoms with Crippen LogP contribution in [0.2, 0.25) is 0 Å². The van der Waals surface area contributed by atoms with Gasteiger partial charge in [0.25, 0.3) is 5.56 Å². The molecule has 0 saturated heterocycles. The molecule has 0 aliphatic rings. The summed E-state index contributed by atoms with van der Waals surface area (Å²) in [6.45, 7) is 4.44. The van der Waals surface area contributed by atoms with Crippen LogP contribution in [0.15, 0.2) is 81.8 Å².